The van der Waals surface area contributed by atoms with Crippen LogP contribution in [0, 0.1) is 13.8 Å². The predicted molar refractivity (Wildman–Crippen MR) is 82.8 cm³/mol. The van der Waals surface area contributed by atoms with Crippen molar-refractivity contribution in [2.45, 2.75) is 40.3 Å². The maximum absolute atomic E-state index is 6.32. The van der Waals surface area contributed by atoms with E-state index in [0.717, 1.165) is 23.5 Å². The molecular weight excluding hydrogens is 295 g/mol. The monoisotopic (exact) mass is 312 g/mol. The van der Waals surface area contributed by atoms with Gasteiger partial charge in [-0.1, -0.05) is 37.0 Å². The van der Waals surface area contributed by atoms with Gasteiger partial charge < -0.3 is 5.32 Å². The molecule has 2 heterocycles. The molecule has 0 radical (unpaired) electrons. The lowest BCUT2D eigenvalue weighted by Gasteiger charge is -2.10. The van der Waals surface area contributed by atoms with Gasteiger partial charge in [-0.15, -0.1) is 0 Å². The van der Waals surface area contributed by atoms with Crippen LogP contribution in [-0.4, -0.2) is 20.8 Å². The fourth-order valence-corrected chi connectivity index (χ4v) is 2.26. The second kappa shape index (κ2) is 6.12. The Labute approximate surface area is 129 Å². The minimum absolute atomic E-state index is 0.420. The molecule has 0 atom stereocenters. The van der Waals surface area contributed by atoms with Crippen molar-refractivity contribution in [3.05, 3.63) is 39.3 Å². The van der Waals surface area contributed by atoms with Gasteiger partial charge in [0.05, 0.1) is 21.4 Å². The van der Waals surface area contributed by atoms with Gasteiger partial charge in [0.15, 0.2) is 5.82 Å². The second-order valence-electron chi connectivity index (χ2n) is 5.08. The molecule has 0 bridgehead atoms. The molecule has 0 aliphatic rings. The maximum atomic E-state index is 6.32. The van der Waals surface area contributed by atoms with Gasteiger partial charge >= 0.3 is 0 Å². The van der Waals surface area contributed by atoms with Crippen LogP contribution >= 0.6 is 23.2 Å². The Kier molecular flexibility index (Phi) is 4.68. The third kappa shape index (κ3) is 3.14. The lowest BCUT2D eigenvalue weighted by Crippen LogP contribution is -2.22. The first-order valence-electron chi connectivity index (χ1n) is 6.50. The molecule has 0 aliphatic carbocycles. The Balaban J connectivity index is 2.32. The van der Waals surface area contributed by atoms with Gasteiger partial charge in [-0.3, -0.25) is 0 Å². The van der Waals surface area contributed by atoms with Crippen LogP contribution in [0.1, 0.15) is 30.8 Å². The summed E-state index contributed by atoms with van der Waals surface area (Å²) < 4.78 is 1.68. The number of halogens is 2. The first-order valence-corrected chi connectivity index (χ1v) is 7.25. The molecule has 0 amide bonds. The van der Waals surface area contributed by atoms with Crippen molar-refractivity contribution in [2.75, 3.05) is 0 Å². The predicted octanol–water partition coefficient (Wildman–Crippen LogP) is 3.69. The Morgan fingerprint density at radius 1 is 1.30 bits per heavy atom. The maximum Gasteiger partial charge on any atom is 0.172 e. The van der Waals surface area contributed by atoms with E-state index >= 15 is 0 Å². The minimum Gasteiger partial charge on any atom is -0.310 e. The van der Waals surface area contributed by atoms with Crippen LogP contribution in [0.4, 0.5) is 0 Å². The van der Waals surface area contributed by atoms with Crippen LogP contribution in [0.3, 0.4) is 0 Å². The number of hydrogen-bond donors (Lipinski definition) is 1. The van der Waals surface area contributed by atoms with Crippen LogP contribution in [-0.2, 0) is 6.54 Å². The average Bonchev–Trinajstić information content (AvgIpc) is 2.64. The van der Waals surface area contributed by atoms with Gasteiger partial charge in [-0.05, 0) is 25.5 Å². The number of rotatable bonds is 4. The topological polar surface area (TPSA) is 42.7 Å². The van der Waals surface area contributed by atoms with E-state index in [1.807, 2.05) is 19.9 Å². The van der Waals surface area contributed by atoms with Gasteiger partial charge in [0.2, 0.25) is 0 Å². The van der Waals surface area contributed by atoms with Gasteiger partial charge in [-0.2, -0.15) is 5.10 Å². The zero-order chi connectivity index (χ0) is 14.9. The molecule has 0 spiro atoms. The molecule has 0 aromatic carbocycles. The van der Waals surface area contributed by atoms with Gasteiger partial charge in [0.1, 0.15) is 0 Å². The molecule has 2 aromatic heterocycles. The van der Waals surface area contributed by atoms with Gasteiger partial charge in [-0.25, -0.2) is 9.67 Å². The van der Waals surface area contributed by atoms with E-state index in [9.17, 15) is 0 Å². The highest BCUT2D eigenvalue weighted by Crippen LogP contribution is 2.25. The van der Waals surface area contributed by atoms with Crippen LogP contribution in [0.25, 0.3) is 5.82 Å². The lowest BCUT2D eigenvalue weighted by atomic mass is 10.2. The summed E-state index contributed by atoms with van der Waals surface area (Å²) in [6.07, 6.45) is 1.81. The minimum atomic E-state index is 0.420. The van der Waals surface area contributed by atoms with Crippen LogP contribution in [0.5, 0.6) is 0 Å². The number of nitrogens with zero attached hydrogens (tertiary/aromatic N) is 3. The first kappa shape index (κ1) is 15.3. The molecule has 6 heteroatoms. The summed E-state index contributed by atoms with van der Waals surface area (Å²) in [7, 11) is 0. The first-order chi connectivity index (χ1) is 9.40. The molecule has 4 nitrogen and oxygen atoms in total. The van der Waals surface area contributed by atoms with Crippen molar-refractivity contribution < 1.29 is 0 Å². The molecule has 20 heavy (non-hydrogen) atoms. The highest BCUT2D eigenvalue weighted by atomic mass is 35.5. The molecule has 108 valence electrons. The van der Waals surface area contributed by atoms with E-state index in [0.29, 0.717) is 21.9 Å². The summed E-state index contributed by atoms with van der Waals surface area (Å²) in [5.74, 6) is 0.604. The van der Waals surface area contributed by atoms with Crippen molar-refractivity contribution >= 4 is 23.2 Å². The molecular formula is C14H18Cl2N4. The summed E-state index contributed by atoms with van der Waals surface area (Å²) in [6.45, 7) is 8.69. The normalized spacial score (nSPS) is 11.3. The number of nitrogens with one attached hydrogen (secondary N) is 1. The quantitative estimate of drug-likeness (QED) is 0.936. The SMILES string of the molecule is Cc1nn(-c2ncc(CNC(C)C)cc2Cl)c(C)c1Cl. The van der Waals surface area contributed by atoms with Crippen LogP contribution < -0.4 is 5.32 Å². The third-order valence-electron chi connectivity index (χ3n) is 3.00. The molecule has 2 rings (SSSR count). The molecule has 0 aliphatic heterocycles. The summed E-state index contributed by atoms with van der Waals surface area (Å²) >= 11 is 12.5. The highest BCUT2D eigenvalue weighted by Gasteiger charge is 2.14. The largest absolute Gasteiger partial charge is 0.310 e. The summed E-state index contributed by atoms with van der Waals surface area (Å²) in [4.78, 5) is 4.41. The second-order valence-corrected chi connectivity index (χ2v) is 5.87. The Morgan fingerprint density at radius 2 is 2.00 bits per heavy atom. The highest BCUT2D eigenvalue weighted by molar-refractivity contribution is 6.32. The zero-order valence-corrected chi connectivity index (χ0v) is 13.5. The van der Waals surface area contributed by atoms with E-state index in [2.05, 4.69) is 29.2 Å². The van der Waals surface area contributed by atoms with Crippen LogP contribution in [0.2, 0.25) is 10.0 Å². The standard InChI is InChI=1S/C14H18Cl2N4/c1-8(2)17-6-11-5-12(15)14(18-7-11)20-10(4)13(16)9(3)19-20/h5,7-8,17H,6H2,1-4H3. The van der Waals surface area contributed by atoms with Crippen molar-refractivity contribution in [1.82, 2.24) is 20.1 Å². The summed E-state index contributed by atoms with van der Waals surface area (Å²) in [6, 6.07) is 2.33. The fourth-order valence-electron chi connectivity index (χ4n) is 1.87. The molecule has 2 aromatic rings. The van der Waals surface area contributed by atoms with Crippen LogP contribution in [0.15, 0.2) is 12.3 Å². The number of aryl methyl sites for hydroxylation is 1. The molecule has 0 unspecified atom stereocenters. The number of hydrogen-bond acceptors (Lipinski definition) is 3. The van der Waals surface area contributed by atoms with Crippen molar-refractivity contribution in [1.29, 1.82) is 0 Å². The van der Waals surface area contributed by atoms with E-state index < -0.39 is 0 Å². The third-order valence-corrected chi connectivity index (χ3v) is 3.82. The summed E-state index contributed by atoms with van der Waals surface area (Å²) in [5, 5.41) is 8.91. The van der Waals surface area contributed by atoms with Crippen molar-refractivity contribution in [3.63, 3.8) is 0 Å². The van der Waals surface area contributed by atoms with Gasteiger partial charge in [0, 0.05) is 18.8 Å². The molecule has 0 saturated carbocycles. The van der Waals surface area contributed by atoms with Gasteiger partial charge in [0.25, 0.3) is 0 Å². The van der Waals surface area contributed by atoms with E-state index in [1.54, 1.807) is 10.9 Å². The number of pyridine rings is 1. The van der Waals surface area contributed by atoms with E-state index in [-0.39, 0.29) is 0 Å². The summed E-state index contributed by atoms with van der Waals surface area (Å²) in [5.41, 5.74) is 2.65. The van der Waals surface area contributed by atoms with E-state index in [4.69, 9.17) is 23.2 Å². The Bertz CT molecular complexity index is 620. The molecule has 0 fully saturated rings. The molecule has 1 N–H and O–H groups in total. The fraction of sp³-hybridized carbons (Fsp3) is 0.429. The zero-order valence-electron chi connectivity index (χ0n) is 12.0. The molecule has 0 saturated heterocycles. The lowest BCUT2D eigenvalue weighted by molar-refractivity contribution is 0.587. The number of aromatic nitrogens is 3. The smallest absolute Gasteiger partial charge is 0.172 e. The Morgan fingerprint density at radius 3 is 2.50 bits per heavy atom. The Hall–Kier alpha value is -1.10. The van der Waals surface area contributed by atoms with Crippen molar-refractivity contribution in [3.8, 4) is 5.82 Å². The average molecular weight is 313 g/mol. The van der Waals surface area contributed by atoms with Crippen molar-refractivity contribution in [2.24, 2.45) is 0 Å². The van der Waals surface area contributed by atoms with E-state index in [1.165, 1.54) is 0 Å².